The minimum absolute atomic E-state index is 0.0650. The molecule has 3 rings (SSSR count). The molecule has 3 aromatic rings. The van der Waals surface area contributed by atoms with Gasteiger partial charge in [0.15, 0.2) is 0 Å². The number of hydrogen-bond donors (Lipinski definition) is 3. The predicted octanol–water partition coefficient (Wildman–Crippen LogP) is 2.96. The predicted molar refractivity (Wildman–Crippen MR) is 104 cm³/mol. The summed E-state index contributed by atoms with van der Waals surface area (Å²) in [4.78, 5) is 24.1. The van der Waals surface area contributed by atoms with Crippen molar-refractivity contribution in [1.82, 2.24) is 10.9 Å². The third-order valence-corrected chi connectivity index (χ3v) is 4.05. The van der Waals surface area contributed by atoms with E-state index in [9.17, 15) is 14.7 Å². The Bertz CT molecular complexity index is 890. The Labute approximate surface area is 162 Å². The van der Waals surface area contributed by atoms with Gasteiger partial charge in [0.05, 0.1) is 5.56 Å². The first-order valence-electron chi connectivity index (χ1n) is 8.74. The Morgan fingerprint density at radius 3 is 1.89 bits per heavy atom. The number of carbonyl (C=O) groups is 2. The van der Waals surface area contributed by atoms with Crippen molar-refractivity contribution >= 4 is 11.8 Å². The van der Waals surface area contributed by atoms with E-state index in [1.165, 1.54) is 12.1 Å². The molecule has 0 saturated carbocycles. The summed E-state index contributed by atoms with van der Waals surface area (Å²) < 4.78 is 5.83. The molecule has 28 heavy (non-hydrogen) atoms. The van der Waals surface area contributed by atoms with E-state index in [2.05, 4.69) is 10.9 Å². The van der Waals surface area contributed by atoms with Crippen LogP contribution in [0.3, 0.4) is 0 Å². The van der Waals surface area contributed by atoms with Crippen LogP contribution in [0.4, 0.5) is 0 Å². The summed E-state index contributed by atoms with van der Waals surface area (Å²) in [5.74, 6) is -1.30. The van der Waals surface area contributed by atoms with Crippen molar-refractivity contribution < 1.29 is 19.4 Å². The summed E-state index contributed by atoms with van der Waals surface area (Å²) in [5.41, 5.74) is 6.45. The number of carbonyl (C=O) groups excluding carboxylic acids is 2. The van der Waals surface area contributed by atoms with E-state index in [0.29, 0.717) is 0 Å². The molecule has 0 aromatic heterocycles. The zero-order valence-electron chi connectivity index (χ0n) is 15.0. The van der Waals surface area contributed by atoms with E-state index < -0.39 is 17.9 Å². The van der Waals surface area contributed by atoms with Gasteiger partial charge in [0.1, 0.15) is 18.5 Å². The Kier molecular flexibility index (Phi) is 6.38. The van der Waals surface area contributed by atoms with Gasteiger partial charge < -0.3 is 9.84 Å². The highest BCUT2D eigenvalue weighted by Gasteiger charge is 2.17. The van der Waals surface area contributed by atoms with Crippen molar-refractivity contribution in [2.45, 2.75) is 6.10 Å². The molecule has 0 unspecified atom stereocenters. The normalized spacial score (nSPS) is 10.5. The number of para-hydroxylation sites is 1. The monoisotopic (exact) mass is 376 g/mol. The third-order valence-electron chi connectivity index (χ3n) is 4.05. The smallest absolute Gasteiger partial charge is 0.273 e. The molecule has 6 nitrogen and oxygen atoms in total. The molecule has 2 amide bonds. The van der Waals surface area contributed by atoms with Crippen LogP contribution >= 0.6 is 0 Å². The largest absolute Gasteiger partial charge is 0.507 e. The minimum atomic E-state index is -0.617. The number of phenols is 1. The molecule has 3 aromatic carbocycles. The number of phenolic OH excluding ortho intramolecular Hbond substituents is 1. The molecule has 0 atom stereocenters. The molecule has 142 valence electrons. The van der Waals surface area contributed by atoms with Crippen molar-refractivity contribution in [3.63, 3.8) is 0 Å². The van der Waals surface area contributed by atoms with E-state index in [1.54, 1.807) is 12.1 Å². The molecule has 0 spiro atoms. The Morgan fingerprint density at radius 2 is 1.32 bits per heavy atom. The first-order valence-corrected chi connectivity index (χ1v) is 8.74. The number of nitrogens with one attached hydrogen (secondary N) is 2. The van der Waals surface area contributed by atoms with Gasteiger partial charge in [0, 0.05) is 0 Å². The Morgan fingerprint density at radius 1 is 0.786 bits per heavy atom. The number of hydrazine groups is 1. The molecular weight excluding hydrogens is 356 g/mol. The number of aromatic hydroxyl groups is 1. The number of rotatable bonds is 6. The van der Waals surface area contributed by atoms with E-state index in [-0.39, 0.29) is 17.9 Å². The molecule has 0 aliphatic rings. The molecule has 0 aliphatic carbocycles. The Balaban J connectivity index is 1.60. The van der Waals surface area contributed by atoms with Gasteiger partial charge in [0.2, 0.25) is 0 Å². The second-order valence-corrected chi connectivity index (χ2v) is 6.03. The van der Waals surface area contributed by atoms with Gasteiger partial charge >= 0.3 is 0 Å². The van der Waals surface area contributed by atoms with Crippen LogP contribution in [0.5, 0.6) is 5.75 Å². The Hall–Kier alpha value is -3.64. The zero-order chi connectivity index (χ0) is 19.8. The highest BCUT2D eigenvalue weighted by atomic mass is 16.5. The van der Waals surface area contributed by atoms with E-state index in [0.717, 1.165) is 11.1 Å². The number of ether oxygens (including phenoxy) is 1. The van der Waals surface area contributed by atoms with Gasteiger partial charge in [0.25, 0.3) is 11.8 Å². The summed E-state index contributed by atoms with van der Waals surface area (Å²) in [7, 11) is 0. The molecule has 6 heteroatoms. The SMILES string of the molecule is O=C(COC(c1ccccc1)c1ccccc1)NNC(=O)c1ccccc1O. The molecular formula is C22H20N2O4. The van der Waals surface area contributed by atoms with Crippen LogP contribution in [0, 0.1) is 0 Å². The van der Waals surface area contributed by atoms with Crippen LogP contribution in [0.2, 0.25) is 0 Å². The fraction of sp³-hybridized carbons (Fsp3) is 0.0909. The second kappa shape index (κ2) is 9.34. The topological polar surface area (TPSA) is 87.7 Å². The lowest BCUT2D eigenvalue weighted by Gasteiger charge is -2.19. The first-order chi connectivity index (χ1) is 13.6. The standard InChI is InChI=1S/C22H20N2O4/c25-19-14-8-7-13-18(19)22(27)24-23-20(26)15-28-21(16-9-3-1-4-10-16)17-11-5-2-6-12-17/h1-14,21,25H,15H2,(H,23,26)(H,24,27). The zero-order valence-corrected chi connectivity index (χ0v) is 15.0. The van der Waals surface area contributed by atoms with Gasteiger partial charge in [-0.2, -0.15) is 0 Å². The van der Waals surface area contributed by atoms with Crippen LogP contribution < -0.4 is 10.9 Å². The van der Waals surface area contributed by atoms with Gasteiger partial charge in [-0.05, 0) is 23.3 Å². The molecule has 0 saturated heterocycles. The van der Waals surface area contributed by atoms with Gasteiger partial charge in [-0.1, -0.05) is 72.8 Å². The van der Waals surface area contributed by atoms with Gasteiger partial charge in [-0.15, -0.1) is 0 Å². The summed E-state index contributed by atoms with van der Waals surface area (Å²) >= 11 is 0. The molecule has 0 bridgehead atoms. The molecule has 0 radical (unpaired) electrons. The van der Waals surface area contributed by atoms with Crippen molar-refractivity contribution in [3.8, 4) is 5.75 Å². The van der Waals surface area contributed by atoms with Crippen LogP contribution in [0.25, 0.3) is 0 Å². The van der Waals surface area contributed by atoms with Crippen molar-refractivity contribution in [3.05, 3.63) is 102 Å². The molecule has 3 N–H and O–H groups in total. The van der Waals surface area contributed by atoms with Crippen LogP contribution in [0.15, 0.2) is 84.9 Å². The lowest BCUT2D eigenvalue weighted by molar-refractivity contribution is -0.127. The van der Waals surface area contributed by atoms with Crippen LogP contribution in [-0.2, 0) is 9.53 Å². The van der Waals surface area contributed by atoms with E-state index in [4.69, 9.17) is 4.74 Å². The number of benzene rings is 3. The summed E-state index contributed by atoms with van der Waals surface area (Å²) in [6.07, 6.45) is -0.415. The third kappa shape index (κ3) is 4.96. The second-order valence-electron chi connectivity index (χ2n) is 6.03. The van der Waals surface area contributed by atoms with Crippen LogP contribution in [0.1, 0.15) is 27.6 Å². The lowest BCUT2D eigenvalue weighted by atomic mass is 10.0. The molecule has 0 aliphatic heterocycles. The number of amides is 2. The summed E-state index contributed by atoms with van der Waals surface area (Å²) in [6.45, 7) is -0.254. The highest BCUT2D eigenvalue weighted by molar-refractivity contribution is 5.97. The molecule has 0 fully saturated rings. The quantitative estimate of drug-likeness (QED) is 0.577. The van der Waals surface area contributed by atoms with E-state index >= 15 is 0 Å². The van der Waals surface area contributed by atoms with Gasteiger partial charge in [-0.25, -0.2) is 0 Å². The first kappa shape index (κ1) is 19.1. The van der Waals surface area contributed by atoms with Crippen molar-refractivity contribution in [1.29, 1.82) is 0 Å². The highest BCUT2D eigenvalue weighted by Crippen LogP contribution is 2.25. The van der Waals surface area contributed by atoms with Crippen molar-refractivity contribution in [2.75, 3.05) is 6.61 Å². The number of hydrogen-bond acceptors (Lipinski definition) is 4. The van der Waals surface area contributed by atoms with Gasteiger partial charge in [-0.3, -0.25) is 20.4 Å². The fourth-order valence-corrected chi connectivity index (χ4v) is 2.70. The maximum absolute atomic E-state index is 12.1. The molecule has 0 heterocycles. The summed E-state index contributed by atoms with van der Waals surface area (Å²) in [5, 5.41) is 9.68. The average Bonchev–Trinajstić information content (AvgIpc) is 2.74. The lowest BCUT2D eigenvalue weighted by Crippen LogP contribution is -2.43. The fourth-order valence-electron chi connectivity index (χ4n) is 2.70. The van der Waals surface area contributed by atoms with Crippen LogP contribution in [-0.4, -0.2) is 23.5 Å². The maximum atomic E-state index is 12.1. The summed E-state index contributed by atoms with van der Waals surface area (Å²) in [6, 6.07) is 25.2. The maximum Gasteiger partial charge on any atom is 0.273 e. The minimum Gasteiger partial charge on any atom is -0.507 e. The van der Waals surface area contributed by atoms with E-state index in [1.807, 2.05) is 60.7 Å². The van der Waals surface area contributed by atoms with Crippen molar-refractivity contribution in [2.24, 2.45) is 0 Å². The average molecular weight is 376 g/mol.